The number of hydrogen-bond acceptors (Lipinski definition) is 8. The van der Waals surface area contributed by atoms with Gasteiger partial charge in [0.1, 0.15) is 18.2 Å². The molecule has 1 aliphatic rings. The van der Waals surface area contributed by atoms with Crippen LogP contribution >= 0.6 is 0 Å². The van der Waals surface area contributed by atoms with Crippen molar-refractivity contribution in [1.29, 1.82) is 5.26 Å². The Morgan fingerprint density at radius 1 is 1.12 bits per heavy atom. The summed E-state index contributed by atoms with van der Waals surface area (Å²) in [5.74, 6) is 1.85. The van der Waals surface area contributed by atoms with Gasteiger partial charge in [-0.1, -0.05) is 64.1 Å². The van der Waals surface area contributed by atoms with Gasteiger partial charge in [0.15, 0.2) is 11.5 Å². The van der Waals surface area contributed by atoms with Crippen molar-refractivity contribution in [3.05, 3.63) is 77.1 Å². The molecule has 8 heteroatoms. The zero-order valence-electron chi connectivity index (χ0n) is 25.1. The summed E-state index contributed by atoms with van der Waals surface area (Å²) in [4.78, 5) is 23.7. The second-order valence-corrected chi connectivity index (χ2v) is 10.1. The monoisotopic (exact) mass is 543 g/mol. The fraction of sp³-hybridized carbons (Fsp3) is 0.438. The molecule has 2 aromatic carbocycles. The van der Waals surface area contributed by atoms with E-state index in [0.29, 0.717) is 23.5 Å². The molecule has 1 aliphatic heterocycles. The second-order valence-electron chi connectivity index (χ2n) is 10.1. The quantitative estimate of drug-likeness (QED) is 0.335. The summed E-state index contributed by atoms with van der Waals surface area (Å²) in [7, 11) is 6.09. The van der Waals surface area contributed by atoms with E-state index in [1.807, 2.05) is 71.4 Å². The molecule has 3 aromatic rings. The lowest BCUT2D eigenvalue weighted by atomic mass is 10.0. The van der Waals surface area contributed by atoms with Crippen molar-refractivity contribution >= 4 is 23.6 Å². The molecule has 0 saturated carbocycles. The Morgan fingerprint density at radius 2 is 1.80 bits per heavy atom. The highest BCUT2D eigenvalue weighted by Gasteiger charge is 2.21. The molecule has 8 nitrogen and oxygen atoms in total. The van der Waals surface area contributed by atoms with Gasteiger partial charge in [0.25, 0.3) is 0 Å². The lowest BCUT2D eigenvalue weighted by molar-refractivity contribution is 0.112. The van der Waals surface area contributed by atoms with Gasteiger partial charge in [0.05, 0.1) is 6.20 Å². The molecule has 1 saturated heterocycles. The van der Waals surface area contributed by atoms with E-state index in [1.54, 1.807) is 6.20 Å². The molecular weight excluding hydrogens is 498 g/mol. The van der Waals surface area contributed by atoms with Crippen molar-refractivity contribution in [2.75, 3.05) is 44.4 Å². The van der Waals surface area contributed by atoms with Crippen LogP contribution in [-0.4, -0.2) is 61.4 Å². The maximum Gasteiger partial charge on any atom is 0.183 e. The number of benzene rings is 2. The first-order chi connectivity index (χ1) is 19.3. The molecule has 0 bridgehead atoms. The average Bonchev–Trinajstić information content (AvgIpc) is 2.99. The Bertz CT molecular complexity index is 1200. The number of carbonyl (C=O) groups is 1. The molecule has 1 aromatic heterocycles. The molecule has 2 heterocycles. The molecule has 1 atom stereocenters. The highest BCUT2D eigenvalue weighted by Crippen LogP contribution is 2.23. The second kappa shape index (κ2) is 17.0. The number of anilines is 3. The number of nitriles is 1. The summed E-state index contributed by atoms with van der Waals surface area (Å²) in [5.41, 5.74) is 4.45. The van der Waals surface area contributed by atoms with E-state index in [2.05, 4.69) is 57.5 Å². The number of nitrogens with one attached hydrogen (secondary N) is 2. The molecule has 2 N–H and O–H groups in total. The number of aldehydes is 1. The van der Waals surface area contributed by atoms with Gasteiger partial charge >= 0.3 is 0 Å². The zero-order valence-corrected chi connectivity index (χ0v) is 25.1. The Labute approximate surface area is 240 Å². The van der Waals surface area contributed by atoms with Crippen LogP contribution in [0.3, 0.4) is 0 Å². The van der Waals surface area contributed by atoms with E-state index in [9.17, 15) is 10.1 Å². The molecule has 1 fully saturated rings. The molecule has 0 amide bonds. The van der Waals surface area contributed by atoms with Crippen molar-refractivity contribution in [3.63, 3.8) is 0 Å². The molecule has 0 radical (unpaired) electrons. The minimum Gasteiger partial charge on any atom is -0.354 e. The minimum absolute atomic E-state index is 0.304. The lowest BCUT2D eigenvalue weighted by Crippen LogP contribution is -2.44. The predicted molar refractivity (Wildman–Crippen MR) is 165 cm³/mol. The van der Waals surface area contributed by atoms with Crippen LogP contribution in [0.4, 0.5) is 17.3 Å². The van der Waals surface area contributed by atoms with Gasteiger partial charge in [0.2, 0.25) is 0 Å². The number of piperidine rings is 1. The molecule has 40 heavy (non-hydrogen) atoms. The van der Waals surface area contributed by atoms with Crippen molar-refractivity contribution in [3.8, 4) is 6.07 Å². The molecule has 214 valence electrons. The lowest BCUT2D eigenvalue weighted by Gasteiger charge is -2.33. The van der Waals surface area contributed by atoms with E-state index in [0.717, 1.165) is 49.4 Å². The summed E-state index contributed by atoms with van der Waals surface area (Å²) in [6, 6.07) is 18.4. The van der Waals surface area contributed by atoms with Crippen LogP contribution in [0.2, 0.25) is 0 Å². The van der Waals surface area contributed by atoms with E-state index in [4.69, 9.17) is 4.98 Å². The Hall–Kier alpha value is -3.80. The SMILES string of the molecule is CC.CC(C)c1ccc(C=O)cc1.CN[C@@H]1CCCN(c2cnc(C#N)c(Nc3ccc(CN(C)C)cc3)n2)C1. The first-order valence-electron chi connectivity index (χ1n) is 14.1. The van der Waals surface area contributed by atoms with Crippen LogP contribution in [0.25, 0.3) is 0 Å². The topological polar surface area (TPSA) is 97.2 Å². The van der Waals surface area contributed by atoms with Gasteiger partial charge < -0.3 is 20.4 Å². The van der Waals surface area contributed by atoms with Gasteiger partial charge in [-0.05, 0) is 63.2 Å². The highest BCUT2D eigenvalue weighted by atomic mass is 16.1. The fourth-order valence-electron chi connectivity index (χ4n) is 4.28. The normalized spacial score (nSPS) is 14.4. The van der Waals surface area contributed by atoms with Gasteiger partial charge in [-0.3, -0.25) is 4.79 Å². The van der Waals surface area contributed by atoms with Crippen molar-refractivity contribution in [2.24, 2.45) is 0 Å². The van der Waals surface area contributed by atoms with Crippen LogP contribution in [0, 0.1) is 11.3 Å². The summed E-state index contributed by atoms with van der Waals surface area (Å²) >= 11 is 0. The maximum absolute atomic E-state index is 10.3. The van der Waals surface area contributed by atoms with Crippen molar-refractivity contribution in [1.82, 2.24) is 20.2 Å². The Balaban J connectivity index is 0.000000360. The number of carbonyl (C=O) groups excluding carboxylic acids is 1. The Kier molecular flexibility index (Phi) is 13.8. The largest absolute Gasteiger partial charge is 0.354 e. The molecule has 4 rings (SSSR count). The third-order valence-electron chi connectivity index (χ3n) is 6.47. The maximum atomic E-state index is 10.3. The summed E-state index contributed by atoms with van der Waals surface area (Å²) in [5, 5.41) is 16.0. The van der Waals surface area contributed by atoms with Crippen molar-refractivity contribution in [2.45, 2.75) is 59.0 Å². The number of aromatic nitrogens is 2. The van der Waals surface area contributed by atoms with Gasteiger partial charge in [-0.2, -0.15) is 5.26 Å². The number of likely N-dealkylation sites (N-methyl/N-ethyl adjacent to an activating group) is 1. The Morgan fingerprint density at radius 3 is 2.35 bits per heavy atom. The third kappa shape index (κ3) is 10.1. The molecule has 0 spiro atoms. The van der Waals surface area contributed by atoms with Crippen LogP contribution in [0.15, 0.2) is 54.7 Å². The average molecular weight is 544 g/mol. The van der Waals surface area contributed by atoms with E-state index in [-0.39, 0.29) is 0 Å². The smallest absolute Gasteiger partial charge is 0.183 e. The summed E-state index contributed by atoms with van der Waals surface area (Å²) in [6.07, 6.45) is 4.84. The number of rotatable bonds is 8. The predicted octanol–water partition coefficient (Wildman–Crippen LogP) is 5.99. The van der Waals surface area contributed by atoms with Crippen LogP contribution in [-0.2, 0) is 6.54 Å². The fourth-order valence-corrected chi connectivity index (χ4v) is 4.28. The van der Waals surface area contributed by atoms with E-state index in [1.165, 1.54) is 17.5 Å². The summed E-state index contributed by atoms with van der Waals surface area (Å²) in [6.45, 7) is 11.0. The van der Waals surface area contributed by atoms with Crippen LogP contribution in [0.5, 0.6) is 0 Å². The molecule has 0 aliphatic carbocycles. The number of hydrogen-bond donors (Lipinski definition) is 2. The van der Waals surface area contributed by atoms with E-state index < -0.39 is 0 Å². The molecular formula is C32H45N7O. The van der Waals surface area contributed by atoms with Crippen LogP contribution in [0.1, 0.15) is 73.6 Å². The van der Waals surface area contributed by atoms with Gasteiger partial charge in [-0.15, -0.1) is 0 Å². The first-order valence-corrected chi connectivity index (χ1v) is 14.1. The number of nitrogens with zero attached hydrogens (tertiary/aromatic N) is 5. The molecule has 0 unspecified atom stereocenters. The highest BCUT2D eigenvalue weighted by molar-refractivity contribution is 5.74. The van der Waals surface area contributed by atoms with E-state index >= 15 is 0 Å². The van der Waals surface area contributed by atoms with Gasteiger partial charge in [-0.25, -0.2) is 9.97 Å². The summed E-state index contributed by atoms with van der Waals surface area (Å²) < 4.78 is 0. The minimum atomic E-state index is 0.304. The first kappa shape index (κ1) is 32.4. The van der Waals surface area contributed by atoms with Gasteiger partial charge in [0, 0.05) is 36.9 Å². The standard InChI is InChI=1S/C20H27N7.C10H12O.C2H6/c1-22-17-5-4-10-27(14-17)19-12-23-18(11-21)20(25-19)24-16-8-6-15(7-9-16)13-26(2)3;1-8(2)10-5-3-9(7-11)4-6-10;1-2/h6-9,12,17,22H,4-5,10,13-14H2,1-3H3,(H,24,25);3-8H,1-2H3;1-2H3/t17-;;/m1../s1. The zero-order chi connectivity index (χ0) is 29.5. The van der Waals surface area contributed by atoms with Crippen molar-refractivity contribution < 1.29 is 4.79 Å². The third-order valence-corrected chi connectivity index (χ3v) is 6.47. The van der Waals surface area contributed by atoms with Crippen LogP contribution < -0.4 is 15.5 Å².